The quantitative estimate of drug-likeness (QED) is 0.833. The molecule has 3 rings (SSSR count). The molecule has 2 saturated heterocycles. The molecule has 102 valence electrons. The Morgan fingerprint density at radius 3 is 3.16 bits per heavy atom. The number of nitrogens with zero attached hydrogens (tertiary/aromatic N) is 2. The first-order valence-electron chi connectivity index (χ1n) is 6.98. The molecule has 2 aliphatic heterocycles. The molecule has 0 radical (unpaired) electrons. The lowest BCUT2D eigenvalue weighted by atomic mass is 9.97. The smallest absolute Gasteiger partial charge is 0.253 e. The number of hydrogen-bond acceptors (Lipinski definition) is 4. The van der Waals surface area contributed by atoms with Crippen molar-refractivity contribution < 1.29 is 4.79 Å². The zero-order chi connectivity index (χ0) is 13.2. The van der Waals surface area contributed by atoms with E-state index < -0.39 is 0 Å². The summed E-state index contributed by atoms with van der Waals surface area (Å²) in [6, 6.07) is 2.61. The number of piperidine rings is 1. The molecule has 2 atom stereocenters. The standard InChI is InChI=1S/C14H20N4O/c15-13-9-16-5-3-12(13)14(19)17-10-4-7-18-6-1-2-11(18)8-10/h3,5,9-11H,1-2,4,6-8,15H2,(H,17,19). The number of amides is 1. The van der Waals surface area contributed by atoms with Gasteiger partial charge >= 0.3 is 0 Å². The number of aromatic nitrogens is 1. The van der Waals surface area contributed by atoms with Gasteiger partial charge in [0.2, 0.25) is 0 Å². The minimum Gasteiger partial charge on any atom is -0.397 e. The van der Waals surface area contributed by atoms with Crippen molar-refractivity contribution >= 4 is 11.6 Å². The molecule has 19 heavy (non-hydrogen) atoms. The monoisotopic (exact) mass is 260 g/mol. The summed E-state index contributed by atoms with van der Waals surface area (Å²) in [6.07, 6.45) is 7.79. The van der Waals surface area contributed by atoms with Gasteiger partial charge in [-0.1, -0.05) is 0 Å². The van der Waals surface area contributed by atoms with E-state index in [1.54, 1.807) is 12.3 Å². The van der Waals surface area contributed by atoms with E-state index in [0.717, 1.165) is 19.4 Å². The molecule has 1 aromatic heterocycles. The molecule has 5 nitrogen and oxygen atoms in total. The van der Waals surface area contributed by atoms with Crippen LogP contribution in [0.15, 0.2) is 18.5 Å². The number of anilines is 1. The average molecular weight is 260 g/mol. The number of carbonyl (C=O) groups is 1. The van der Waals surface area contributed by atoms with Crippen molar-refractivity contribution in [3.8, 4) is 0 Å². The van der Waals surface area contributed by atoms with Gasteiger partial charge in [0.05, 0.1) is 17.4 Å². The first-order valence-corrected chi connectivity index (χ1v) is 6.98. The third-order valence-corrected chi connectivity index (χ3v) is 4.25. The second kappa shape index (κ2) is 5.17. The Kier molecular flexibility index (Phi) is 3.38. The van der Waals surface area contributed by atoms with Crippen LogP contribution in [0.3, 0.4) is 0 Å². The fraction of sp³-hybridized carbons (Fsp3) is 0.571. The summed E-state index contributed by atoms with van der Waals surface area (Å²) in [7, 11) is 0. The maximum absolute atomic E-state index is 12.2. The van der Waals surface area contributed by atoms with Gasteiger partial charge in [-0.05, 0) is 38.3 Å². The number of nitrogen functional groups attached to an aromatic ring is 1. The molecule has 0 aliphatic carbocycles. The Balaban J connectivity index is 1.62. The summed E-state index contributed by atoms with van der Waals surface area (Å²) in [5.41, 5.74) is 6.75. The topological polar surface area (TPSA) is 71.2 Å². The first-order chi connectivity index (χ1) is 9.24. The third kappa shape index (κ3) is 2.56. The number of nitrogens with two attached hydrogens (primary N) is 1. The van der Waals surface area contributed by atoms with Crippen LogP contribution in [-0.2, 0) is 0 Å². The number of carbonyl (C=O) groups excluding carboxylic acids is 1. The van der Waals surface area contributed by atoms with E-state index in [0.29, 0.717) is 17.3 Å². The largest absolute Gasteiger partial charge is 0.397 e. The summed E-state index contributed by atoms with van der Waals surface area (Å²) in [5.74, 6) is -0.0728. The van der Waals surface area contributed by atoms with Gasteiger partial charge < -0.3 is 16.0 Å². The van der Waals surface area contributed by atoms with Crippen molar-refractivity contribution in [2.45, 2.75) is 37.8 Å². The fourth-order valence-corrected chi connectivity index (χ4v) is 3.23. The molecule has 0 aromatic carbocycles. The summed E-state index contributed by atoms with van der Waals surface area (Å²) in [4.78, 5) is 18.6. The lowest BCUT2D eigenvalue weighted by Crippen LogP contribution is -2.47. The van der Waals surface area contributed by atoms with Crippen LogP contribution >= 0.6 is 0 Å². The summed E-state index contributed by atoms with van der Waals surface area (Å²) in [6.45, 7) is 2.32. The van der Waals surface area contributed by atoms with Gasteiger partial charge in [0.25, 0.3) is 5.91 Å². The number of hydrogen-bond donors (Lipinski definition) is 2. The first kappa shape index (κ1) is 12.4. The minimum atomic E-state index is -0.0728. The molecule has 0 bridgehead atoms. The third-order valence-electron chi connectivity index (χ3n) is 4.25. The number of nitrogens with one attached hydrogen (secondary N) is 1. The normalized spacial score (nSPS) is 26.9. The van der Waals surface area contributed by atoms with E-state index in [9.17, 15) is 4.79 Å². The number of pyridine rings is 1. The Bertz CT molecular complexity index is 476. The van der Waals surface area contributed by atoms with Crippen LogP contribution in [0.4, 0.5) is 5.69 Å². The zero-order valence-electron chi connectivity index (χ0n) is 11.0. The second-order valence-electron chi connectivity index (χ2n) is 5.49. The van der Waals surface area contributed by atoms with Crippen molar-refractivity contribution in [2.24, 2.45) is 0 Å². The van der Waals surface area contributed by atoms with Crippen LogP contribution in [0.25, 0.3) is 0 Å². The van der Waals surface area contributed by atoms with E-state index in [1.165, 1.54) is 25.6 Å². The van der Waals surface area contributed by atoms with Crippen LogP contribution in [0, 0.1) is 0 Å². The molecule has 2 fully saturated rings. The van der Waals surface area contributed by atoms with E-state index in [2.05, 4.69) is 15.2 Å². The van der Waals surface area contributed by atoms with E-state index in [1.807, 2.05) is 0 Å². The highest BCUT2D eigenvalue weighted by molar-refractivity contribution is 5.98. The average Bonchev–Trinajstić information content (AvgIpc) is 2.86. The van der Waals surface area contributed by atoms with Crippen molar-refractivity contribution in [3.63, 3.8) is 0 Å². The Labute approximate surface area is 113 Å². The molecule has 1 aromatic rings. The zero-order valence-corrected chi connectivity index (χ0v) is 11.0. The SMILES string of the molecule is Nc1cnccc1C(=O)NC1CCN2CCCC2C1. The van der Waals surface area contributed by atoms with Gasteiger partial charge in [-0.2, -0.15) is 0 Å². The molecule has 1 amide bonds. The highest BCUT2D eigenvalue weighted by Crippen LogP contribution is 2.27. The van der Waals surface area contributed by atoms with Gasteiger partial charge in [-0.15, -0.1) is 0 Å². The predicted octanol–water partition coefficient (Wildman–Crippen LogP) is 1.02. The highest BCUT2D eigenvalue weighted by atomic mass is 16.1. The highest BCUT2D eigenvalue weighted by Gasteiger charge is 2.32. The van der Waals surface area contributed by atoms with Crippen LogP contribution in [0.1, 0.15) is 36.0 Å². The summed E-state index contributed by atoms with van der Waals surface area (Å²) >= 11 is 0. The Morgan fingerprint density at radius 1 is 1.42 bits per heavy atom. The van der Waals surface area contributed by atoms with Gasteiger partial charge in [-0.25, -0.2) is 0 Å². The number of rotatable bonds is 2. The molecule has 3 N–H and O–H groups in total. The molecule has 3 heterocycles. The van der Waals surface area contributed by atoms with Gasteiger partial charge in [0.15, 0.2) is 0 Å². The second-order valence-corrected chi connectivity index (χ2v) is 5.49. The molecule has 0 spiro atoms. The minimum absolute atomic E-state index is 0.0728. The molecular formula is C14H20N4O. The van der Waals surface area contributed by atoms with Crippen molar-refractivity contribution in [3.05, 3.63) is 24.0 Å². The van der Waals surface area contributed by atoms with Gasteiger partial charge in [0.1, 0.15) is 0 Å². The lowest BCUT2D eigenvalue weighted by Gasteiger charge is -2.35. The Hall–Kier alpha value is -1.62. The van der Waals surface area contributed by atoms with Crippen LogP contribution in [0.5, 0.6) is 0 Å². The molecule has 2 aliphatic rings. The lowest BCUT2D eigenvalue weighted by molar-refractivity contribution is 0.0897. The number of fused-ring (bicyclic) bond motifs is 1. The maximum atomic E-state index is 12.2. The van der Waals surface area contributed by atoms with Gasteiger partial charge in [-0.3, -0.25) is 9.78 Å². The van der Waals surface area contributed by atoms with Crippen molar-refractivity contribution in [1.82, 2.24) is 15.2 Å². The fourth-order valence-electron chi connectivity index (χ4n) is 3.23. The predicted molar refractivity (Wildman–Crippen MR) is 73.7 cm³/mol. The van der Waals surface area contributed by atoms with Crippen LogP contribution in [-0.4, -0.2) is 41.0 Å². The maximum Gasteiger partial charge on any atom is 0.253 e. The van der Waals surface area contributed by atoms with Gasteiger partial charge in [0, 0.05) is 24.8 Å². The van der Waals surface area contributed by atoms with Crippen LogP contribution < -0.4 is 11.1 Å². The molecule has 2 unspecified atom stereocenters. The van der Waals surface area contributed by atoms with Crippen molar-refractivity contribution in [2.75, 3.05) is 18.8 Å². The van der Waals surface area contributed by atoms with Crippen LogP contribution in [0.2, 0.25) is 0 Å². The molecular weight excluding hydrogens is 240 g/mol. The Morgan fingerprint density at radius 2 is 2.32 bits per heavy atom. The van der Waals surface area contributed by atoms with E-state index in [4.69, 9.17) is 5.73 Å². The van der Waals surface area contributed by atoms with E-state index in [-0.39, 0.29) is 11.9 Å². The summed E-state index contributed by atoms with van der Waals surface area (Å²) < 4.78 is 0. The molecule has 0 saturated carbocycles. The molecule has 5 heteroatoms. The summed E-state index contributed by atoms with van der Waals surface area (Å²) in [5, 5.41) is 3.12. The van der Waals surface area contributed by atoms with Crippen molar-refractivity contribution in [1.29, 1.82) is 0 Å². The van der Waals surface area contributed by atoms with E-state index >= 15 is 0 Å².